The van der Waals surface area contributed by atoms with Crippen molar-refractivity contribution in [1.82, 2.24) is 4.57 Å². The van der Waals surface area contributed by atoms with Crippen molar-refractivity contribution in [2.75, 3.05) is 13.2 Å². The maximum absolute atomic E-state index is 6.60. The van der Waals surface area contributed by atoms with Gasteiger partial charge in [0.25, 0.3) is 0 Å². The zero-order valence-corrected chi connectivity index (χ0v) is 36.9. The number of hydrogen-bond donors (Lipinski definition) is 0. The number of nitrogens with zero attached hydrogens (tertiary/aromatic N) is 1. The summed E-state index contributed by atoms with van der Waals surface area (Å²) in [6, 6.07) is 39.3. The Kier molecular flexibility index (Phi) is 15.3. The Morgan fingerprint density at radius 3 is 1.56 bits per heavy atom. The lowest BCUT2D eigenvalue weighted by molar-refractivity contribution is 0.301. The average molecular weight is 827 g/mol. The predicted molar refractivity (Wildman–Crippen MR) is 255 cm³/mol. The van der Waals surface area contributed by atoms with Crippen LogP contribution in [0.5, 0.6) is 11.5 Å². The predicted octanol–water partition coefficient (Wildman–Crippen LogP) is 17.0. The maximum atomic E-state index is 6.60. The van der Waals surface area contributed by atoms with Gasteiger partial charge in [-0.3, -0.25) is 0 Å². The van der Waals surface area contributed by atoms with Crippen molar-refractivity contribution in [3.8, 4) is 28.3 Å². The van der Waals surface area contributed by atoms with Crippen LogP contribution in [-0.2, 0) is 6.42 Å². The summed E-state index contributed by atoms with van der Waals surface area (Å²) in [5.74, 6) is 1.86. The van der Waals surface area contributed by atoms with Crippen LogP contribution in [0.15, 0.2) is 109 Å². The number of benzene rings is 6. The van der Waals surface area contributed by atoms with Gasteiger partial charge in [0.15, 0.2) is 0 Å². The second kappa shape index (κ2) is 21.2. The first-order valence-electron chi connectivity index (χ1n) is 22.3. The highest BCUT2D eigenvalue weighted by Gasteiger charge is 2.16. The van der Waals surface area contributed by atoms with Crippen molar-refractivity contribution in [1.29, 1.82) is 0 Å². The molecule has 0 atom stereocenters. The fourth-order valence-electron chi connectivity index (χ4n) is 8.35. The van der Waals surface area contributed by atoms with Crippen LogP contribution in [0.3, 0.4) is 0 Å². The van der Waals surface area contributed by atoms with Crippen LogP contribution in [0.1, 0.15) is 114 Å². The first-order valence-corrected chi connectivity index (χ1v) is 23.0. The van der Waals surface area contributed by atoms with E-state index in [1.807, 2.05) is 0 Å². The molecule has 0 aliphatic heterocycles. The molecule has 7 aromatic rings. The summed E-state index contributed by atoms with van der Waals surface area (Å²) in [5.41, 5.74) is 9.34. The van der Waals surface area contributed by atoms with Crippen LogP contribution in [0.25, 0.3) is 49.4 Å². The standard InChI is InChI=1S/C54H61Cl2NO2/c1-4-5-6-7-12-15-18-41-19-21-42(22-20-41)43-23-24-45-36-48(28-25-44(45)35-43)59-32-17-14-11-9-8-10-13-16-31-58-47-29-26-46(27-30-47)57-53-37-51(55)39(2)33-49(53)50-34-40(3)52(56)38-54(50)57/h19-30,33-38H,4-18,31-32H2,1-3H3. The van der Waals surface area contributed by atoms with Gasteiger partial charge in [-0.25, -0.2) is 0 Å². The topological polar surface area (TPSA) is 23.4 Å². The van der Waals surface area contributed by atoms with Crippen LogP contribution in [0.4, 0.5) is 0 Å². The molecule has 6 aromatic carbocycles. The first-order chi connectivity index (χ1) is 28.9. The highest BCUT2D eigenvalue weighted by molar-refractivity contribution is 6.33. The largest absolute Gasteiger partial charge is 0.494 e. The Hall–Kier alpha value is -4.44. The third kappa shape index (κ3) is 11.2. The van der Waals surface area contributed by atoms with Gasteiger partial charge in [0.2, 0.25) is 0 Å². The summed E-state index contributed by atoms with van der Waals surface area (Å²) in [6.07, 6.45) is 18.9. The van der Waals surface area contributed by atoms with Gasteiger partial charge >= 0.3 is 0 Å². The number of halogens is 2. The zero-order valence-electron chi connectivity index (χ0n) is 35.4. The normalized spacial score (nSPS) is 11.6. The molecule has 5 heteroatoms. The summed E-state index contributed by atoms with van der Waals surface area (Å²) in [4.78, 5) is 0. The van der Waals surface area contributed by atoms with E-state index in [1.165, 1.54) is 122 Å². The Balaban J connectivity index is 0.762. The van der Waals surface area contributed by atoms with Crippen LogP contribution >= 0.6 is 23.2 Å². The maximum Gasteiger partial charge on any atom is 0.119 e. The molecule has 0 saturated carbocycles. The lowest BCUT2D eigenvalue weighted by Gasteiger charge is -2.11. The van der Waals surface area contributed by atoms with Gasteiger partial charge in [-0.05, 0) is 145 Å². The van der Waals surface area contributed by atoms with Crippen LogP contribution in [0.2, 0.25) is 10.0 Å². The summed E-state index contributed by atoms with van der Waals surface area (Å²) in [6.45, 7) is 7.89. The third-order valence-electron chi connectivity index (χ3n) is 11.9. The highest BCUT2D eigenvalue weighted by atomic mass is 35.5. The molecule has 3 nitrogen and oxygen atoms in total. The van der Waals surface area contributed by atoms with Crippen molar-refractivity contribution >= 4 is 55.8 Å². The average Bonchev–Trinajstić information content (AvgIpc) is 3.53. The van der Waals surface area contributed by atoms with Crippen molar-refractivity contribution in [3.05, 3.63) is 136 Å². The van der Waals surface area contributed by atoms with E-state index in [0.29, 0.717) is 0 Å². The molecule has 0 aliphatic carbocycles. The summed E-state index contributed by atoms with van der Waals surface area (Å²) >= 11 is 13.2. The number of aryl methyl sites for hydroxylation is 3. The van der Waals surface area contributed by atoms with Crippen LogP contribution in [0, 0.1) is 13.8 Å². The van der Waals surface area contributed by atoms with E-state index in [1.54, 1.807) is 0 Å². The second-order valence-corrected chi connectivity index (χ2v) is 17.3. The van der Waals surface area contributed by atoms with Crippen molar-refractivity contribution in [2.45, 2.75) is 117 Å². The minimum absolute atomic E-state index is 0.735. The quantitative estimate of drug-likeness (QED) is 0.0636. The molecule has 0 amide bonds. The molecular formula is C54H61Cl2NO2. The highest BCUT2D eigenvalue weighted by Crippen LogP contribution is 2.38. The number of fused-ring (bicyclic) bond motifs is 4. The first kappa shape index (κ1) is 42.7. The molecule has 0 aliphatic rings. The van der Waals surface area contributed by atoms with Crippen molar-refractivity contribution < 1.29 is 9.47 Å². The van der Waals surface area contributed by atoms with Crippen molar-refractivity contribution in [3.63, 3.8) is 0 Å². The minimum Gasteiger partial charge on any atom is -0.494 e. The number of ether oxygens (including phenoxy) is 2. The molecule has 1 aromatic heterocycles. The van der Waals surface area contributed by atoms with Gasteiger partial charge in [-0.2, -0.15) is 0 Å². The van der Waals surface area contributed by atoms with Gasteiger partial charge in [0, 0.05) is 26.5 Å². The lowest BCUT2D eigenvalue weighted by atomic mass is 9.98. The number of aromatic nitrogens is 1. The molecule has 0 saturated heterocycles. The SMILES string of the molecule is CCCCCCCCc1ccc(-c2ccc3cc(OCCCCCCCCCCOc4ccc(-n5c6cc(Cl)c(C)cc6c6cc(C)c(Cl)cc65)cc4)ccc3c2)cc1. The zero-order chi connectivity index (χ0) is 41.0. The number of hydrogen-bond acceptors (Lipinski definition) is 2. The van der Waals surface area contributed by atoms with E-state index < -0.39 is 0 Å². The molecule has 7 rings (SSSR count). The molecule has 0 bridgehead atoms. The molecule has 0 unspecified atom stereocenters. The monoisotopic (exact) mass is 825 g/mol. The van der Waals surface area contributed by atoms with Crippen LogP contribution in [-0.4, -0.2) is 17.8 Å². The van der Waals surface area contributed by atoms with Gasteiger partial charge in [-0.15, -0.1) is 0 Å². The Morgan fingerprint density at radius 2 is 0.949 bits per heavy atom. The number of unbranched alkanes of at least 4 members (excludes halogenated alkanes) is 12. The van der Waals surface area contributed by atoms with Crippen LogP contribution < -0.4 is 9.47 Å². The van der Waals surface area contributed by atoms with E-state index in [0.717, 1.165) is 75.4 Å². The Bertz CT molecular complexity index is 2360. The summed E-state index contributed by atoms with van der Waals surface area (Å²) in [7, 11) is 0. The van der Waals surface area contributed by atoms with E-state index >= 15 is 0 Å². The Labute approximate surface area is 362 Å². The summed E-state index contributed by atoms with van der Waals surface area (Å²) in [5, 5.41) is 6.36. The Morgan fingerprint density at radius 1 is 0.458 bits per heavy atom. The van der Waals surface area contributed by atoms with Crippen molar-refractivity contribution in [2.24, 2.45) is 0 Å². The molecule has 308 valence electrons. The third-order valence-corrected chi connectivity index (χ3v) is 12.7. The van der Waals surface area contributed by atoms with Gasteiger partial charge in [0.1, 0.15) is 11.5 Å². The summed E-state index contributed by atoms with van der Waals surface area (Å²) < 4.78 is 14.5. The molecule has 0 N–H and O–H groups in total. The fourth-order valence-corrected chi connectivity index (χ4v) is 8.67. The molecule has 0 spiro atoms. The number of rotatable bonds is 22. The second-order valence-electron chi connectivity index (χ2n) is 16.5. The van der Waals surface area contributed by atoms with Gasteiger partial charge in [0.05, 0.1) is 24.2 Å². The lowest BCUT2D eigenvalue weighted by Crippen LogP contribution is -1.99. The molecule has 59 heavy (non-hydrogen) atoms. The molecular weight excluding hydrogens is 766 g/mol. The van der Waals surface area contributed by atoms with E-state index in [4.69, 9.17) is 32.7 Å². The molecule has 0 radical (unpaired) electrons. The minimum atomic E-state index is 0.735. The van der Waals surface area contributed by atoms with E-state index in [2.05, 4.69) is 135 Å². The fraction of sp³-hybridized carbons (Fsp3) is 0.370. The molecule has 0 fully saturated rings. The van der Waals surface area contributed by atoms with Gasteiger partial charge < -0.3 is 14.0 Å². The smallest absolute Gasteiger partial charge is 0.119 e. The van der Waals surface area contributed by atoms with E-state index in [-0.39, 0.29) is 0 Å². The molecule has 1 heterocycles. The van der Waals surface area contributed by atoms with Gasteiger partial charge in [-0.1, -0.05) is 143 Å². The van der Waals surface area contributed by atoms with E-state index in [9.17, 15) is 0 Å².